The molecule has 1 aliphatic heterocycles. The van der Waals surface area contributed by atoms with Gasteiger partial charge in [-0.1, -0.05) is 29.8 Å². The fourth-order valence-electron chi connectivity index (χ4n) is 3.56. The van der Waals surface area contributed by atoms with Crippen molar-refractivity contribution in [3.63, 3.8) is 0 Å². The summed E-state index contributed by atoms with van der Waals surface area (Å²) in [7, 11) is -3.64. The number of aliphatic carboxylic acids is 1. The summed E-state index contributed by atoms with van der Waals surface area (Å²) in [4.78, 5) is 11.1. The standard InChI is InChI=1S/C20H22ClNO4S/c1-14-10-15(13-20(23)24)12-19(11-14)27(25,26)22-8-6-17(7-9-22)16-2-4-18(21)5-3-16/h2-5,10-12,17H,6-9,13H2,1H3,(H,23,24). The maximum absolute atomic E-state index is 13.0. The number of rotatable bonds is 5. The molecule has 0 spiro atoms. The highest BCUT2D eigenvalue weighted by atomic mass is 35.5. The Morgan fingerprint density at radius 2 is 1.78 bits per heavy atom. The smallest absolute Gasteiger partial charge is 0.307 e. The van der Waals surface area contributed by atoms with Crippen molar-refractivity contribution >= 4 is 27.6 Å². The van der Waals surface area contributed by atoms with E-state index in [0.29, 0.717) is 29.6 Å². The molecule has 7 heteroatoms. The normalized spacial score (nSPS) is 16.4. The van der Waals surface area contributed by atoms with E-state index >= 15 is 0 Å². The van der Waals surface area contributed by atoms with E-state index in [-0.39, 0.29) is 11.3 Å². The van der Waals surface area contributed by atoms with E-state index < -0.39 is 16.0 Å². The monoisotopic (exact) mass is 407 g/mol. The van der Waals surface area contributed by atoms with Crippen LogP contribution in [0.5, 0.6) is 0 Å². The molecule has 0 amide bonds. The Bertz CT molecular complexity index is 933. The zero-order valence-corrected chi connectivity index (χ0v) is 16.6. The van der Waals surface area contributed by atoms with Gasteiger partial charge in [0.2, 0.25) is 10.0 Å². The van der Waals surface area contributed by atoms with Crippen molar-refractivity contribution in [3.8, 4) is 0 Å². The number of hydrogen-bond donors (Lipinski definition) is 1. The Morgan fingerprint density at radius 3 is 2.37 bits per heavy atom. The van der Waals surface area contributed by atoms with Crippen LogP contribution in [0, 0.1) is 6.92 Å². The lowest BCUT2D eigenvalue weighted by atomic mass is 9.90. The van der Waals surface area contributed by atoms with Crippen molar-refractivity contribution in [1.82, 2.24) is 4.31 Å². The SMILES string of the molecule is Cc1cc(CC(=O)O)cc(S(=O)(=O)N2CCC(c3ccc(Cl)cc3)CC2)c1. The second-order valence-electron chi connectivity index (χ2n) is 6.95. The first kappa shape index (κ1) is 19.9. The first-order chi connectivity index (χ1) is 12.8. The largest absolute Gasteiger partial charge is 0.481 e. The first-order valence-electron chi connectivity index (χ1n) is 8.83. The number of halogens is 1. The van der Waals surface area contributed by atoms with Crippen LogP contribution < -0.4 is 0 Å². The van der Waals surface area contributed by atoms with Crippen molar-refractivity contribution in [2.75, 3.05) is 13.1 Å². The number of aryl methyl sites for hydroxylation is 1. The number of benzene rings is 2. The fourth-order valence-corrected chi connectivity index (χ4v) is 5.31. The van der Waals surface area contributed by atoms with Gasteiger partial charge in [0.25, 0.3) is 0 Å². The van der Waals surface area contributed by atoms with Crippen LogP contribution in [-0.4, -0.2) is 36.9 Å². The molecule has 2 aromatic carbocycles. The zero-order valence-electron chi connectivity index (χ0n) is 15.1. The Kier molecular flexibility index (Phi) is 5.89. The second-order valence-corrected chi connectivity index (χ2v) is 9.33. The van der Waals surface area contributed by atoms with Crippen molar-refractivity contribution < 1.29 is 18.3 Å². The maximum Gasteiger partial charge on any atom is 0.307 e. The first-order valence-corrected chi connectivity index (χ1v) is 10.7. The van der Waals surface area contributed by atoms with Gasteiger partial charge in [-0.25, -0.2) is 8.42 Å². The van der Waals surface area contributed by atoms with E-state index in [1.54, 1.807) is 19.1 Å². The Labute approximate surface area is 164 Å². The Hall–Kier alpha value is -1.89. The van der Waals surface area contributed by atoms with Gasteiger partial charge in [0.15, 0.2) is 0 Å². The van der Waals surface area contributed by atoms with Crippen LogP contribution in [0.4, 0.5) is 0 Å². The molecule has 1 saturated heterocycles. The van der Waals surface area contributed by atoms with E-state index in [1.165, 1.54) is 15.9 Å². The average Bonchev–Trinajstić information content (AvgIpc) is 2.61. The van der Waals surface area contributed by atoms with Crippen LogP contribution in [0.1, 0.15) is 35.4 Å². The van der Waals surface area contributed by atoms with Crippen LogP contribution in [0.15, 0.2) is 47.4 Å². The van der Waals surface area contributed by atoms with E-state index in [0.717, 1.165) is 18.4 Å². The van der Waals surface area contributed by atoms with Gasteiger partial charge in [-0.2, -0.15) is 4.31 Å². The number of piperidine rings is 1. The molecular formula is C20H22ClNO4S. The van der Waals surface area contributed by atoms with Crippen molar-refractivity contribution in [2.24, 2.45) is 0 Å². The van der Waals surface area contributed by atoms with Gasteiger partial charge in [-0.05, 0) is 66.6 Å². The lowest BCUT2D eigenvalue weighted by molar-refractivity contribution is -0.136. The zero-order chi connectivity index (χ0) is 19.6. The molecule has 27 heavy (non-hydrogen) atoms. The highest BCUT2D eigenvalue weighted by Gasteiger charge is 2.30. The molecule has 0 aromatic heterocycles. The molecule has 0 bridgehead atoms. The predicted octanol–water partition coefficient (Wildman–Crippen LogP) is 3.84. The summed E-state index contributed by atoms with van der Waals surface area (Å²) < 4.78 is 27.6. The van der Waals surface area contributed by atoms with Crippen LogP contribution in [0.3, 0.4) is 0 Å². The van der Waals surface area contributed by atoms with Crippen LogP contribution in [0.2, 0.25) is 5.02 Å². The summed E-state index contributed by atoms with van der Waals surface area (Å²) in [6.07, 6.45) is 1.30. The number of sulfonamides is 1. The third kappa shape index (κ3) is 4.69. The molecule has 0 saturated carbocycles. The van der Waals surface area contributed by atoms with Crippen LogP contribution >= 0.6 is 11.6 Å². The van der Waals surface area contributed by atoms with Gasteiger partial charge >= 0.3 is 5.97 Å². The molecule has 1 aliphatic rings. The minimum Gasteiger partial charge on any atom is -0.481 e. The molecule has 1 fully saturated rings. The molecule has 0 radical (unpaired) electrons. The number of carbonyl (C=O) groups is 1. The summed E-state index contributed by atoms with van der Waals surface area (Å²) >= 11 is 5.93. The third-order valence-corrected chi connectivity index (χ3v) is 7.03. The molecule has 1 heterocycles. The minimum atomic E-state index is -3.64. The quantitative estimate of drug-likeness (QED) is 0.816. The Morgan fingerprint density at radius 1 is 1.15 bits per heavy atom. The third-order valence-electron chi connectivity index (χ3n) is 4.90. The van der Waals surface area contributed by atoms with Gasteiger partial charge in [0, 0.05) is 18.1 Å². The van der Waals surface area contributed by atoms with Gasteiger partial charge < -0.3 is 5.11 Å². The molecule has 3 rings (SSSR count). The van der Waals surface area contributed by atoms with Crippen LogP contribution in [-0.2, 0) is 21.2 Å². The topological polar surface area (TPSA) is 74.7 Å². The number of carboxylic acids is 1. The van der Waals surface area contributed by atoms with Gasteiger partial charge in [-0.3, -0.25) is 4.79 Å². The molecule has 1 N–H and O–H groups in total. The van der Waals surface area contributed by atoms with Crippen molar-refractivity contribution in [2.45, 2.75) is 37.0 Å². The van der Waals surface area contributed by atoms with E-state index in [1.807, 2.05) is 24.3 Å². The Balaban J connectivity index is 1.76. The fraction of sp³-hybridized carbons (Fsp3) is 0.350. The molecule has 0 unspecified atom stereocenters. The van der Waals surface area contributed by atoms with Crippen LogP contribution in [0.25, 0.3) is 0 Å². The summed E-state index contributed by atoms with van der Waals surface area (Å²) in [5.74, 6) is -0.665. The van der Waals surface area contributed by atoms with Crippen molar-refractivity contribution in [3.05, 3.63) is 64.2 Å². The van der Waals surface area contributed by atoms with E-state index in [4.69, 9.17) is 16.7 Å². The highest BCUT2D eigenvalue weighted by molar-refractivity contribution is 7.89. The lowest BCUT2D eigenvalue weighted by Crippen LogP contribution is -2.38. The van der Waals surface area contributed by atoms with E-state index in [9.17, 15) is 13.2 Å². The minimum absolute atomic E-state index is 0.170. The van der Waals surface area contributed by atoms with Crippen molar-refractivity contribution in [1.29, 1.82) is 0 Å². The molecule has 5 nitrogen and oxygen atoms in total. The summed E-state index contributed by atoms with van der Waals surface area (Å²) in [5, 5.41) is 9.68. The molecule has 0 atom stereocenters. The van der Waals surface area contributed by atoms with Gasteiger partial charge in [0.1, 0.15) is 0 Å². The molecule has 144 valence electrons. The highest BCUT2D eigenvalue weighted by Crippen LogP contribution is 2.31. The number of nitrogens with zero attached hydrogens (tertiary/aromatic N) is 1. The molecular weight excluding hydrogens is 386 g/mol. The van der Waals surface area contributed by atoms with Gasteiger partial charge in [0.05, 0.1) is 11.3 Å². The number of carboxylic acid groups (broad SMARTS) is 1. The number of hydrogen-bond acceptors (Lipinski definition) is 3. The molecule has 2 aromatic rings. The summed E-state index contributed by atoms with van der Waals surface area (Å²) in [5.41, 5.74) is 2.41. The maximum atomic E-state index is 13.0. The van der Waals surface area contributed by atoms with Gasteiger partial charge in [-0.15, -0.1) is 0 Å². The van der Waals surface area contributed by atoms with E-state index in [2.05, 4.69) is 0 Å². The molecule has 0 aliphatic carbocycles. The predicted molar refractivity (Wildman–Crippen MR) is 105 cm³/mol. The lowest BCUT2D eigenvalue weighted by Gasteiger charge is -2.31. The second kappa shape index (κ2) is 8.00. The average molecular weight is 408 g/mol. The summed E-state index contributed by atoms with van der Waals surface area (Å²) in [6.45, 7) is 2.66. The summed E-state index contributed by atoms with van der Waals surface area (Å²) in [6, 6.07) is 12.5.